The van der Waals surface area contributed by atoms with E-state index in [4.69, 9.17) is 14.2 Å². The summed E-state index contributed by atoms with van der Waals surface area (Å²) >= 11 is 0. The lowest BCUT2D eigenvalue weighted by molar-refractivity contribution is -0.210. The van der Waals surface area contributed by atoms with E-state index in [9.17, 15) is 14.4 Å². The van der Waals surface area contributed by atoms with E-state index in [1.807, 2.05) is 24.4 Å². The van der Waals surface area contributed by atoms with Crippen LogP contribution in [0, 0.1) is 5.92 Å². The van der Waals surface area contributed by atoms with Crippen LogP contribution in [0.5, 0.6) is 11.5 Å². The van der Waals surface area contributed by atoms with Crippen LogP contribution in [0.15, 0.2) is 60.3 Å². The Balaban J connectivity index is 1.00. The number of nitrogens with one attached hydrogen (secondary N) is 1. The molecule has 8 unspecified atom stereocenters. The van der Waals surface area contributed by atoms with Gasteiger partial charge in [-0.25, -0.2) is 4.39 Å². The van der Waals surface area contributed by atoms with Crippen LogP contribution in [-0.4, -0.2) is 128 Å². The van der Waals surface area contributed by atoms with E-state index in [0.717, 1.165) is 31.4 Å². The summed E-state index contributed by atoms with van der Waals surface area (Å²) in [5, 5.41) is 3.13. The van der Waals surface area contributed by atoms with Crippen molar-refractivity contribution in [2.24, 2.45) is 5.92 Å². The standard InChI is InChI=1S/C39H48FN5O6/c1-49-32-14-8-11-26(36(32)50-2)38(47)41-24-15-16-44(22-24)34-29(40)21-27-33-37(34)51-31-13-7-6-12-30(31)45(33)23-28(35(27)46)39(48)43-19-17-42(18-20-43)25-9-4-3-5-10-25/h3-5,8-11,14,23-24,27,29-31,33-34,37H,6-7,12-13,15-22H2,1-2H3,(H,41,47). The van der Waals surface area contributed by atoms with Crippen molar-refractivity contribution in [3.8, 4) is 11.5 Å². The molecule has 5 fully saturated rings. The number of alkyl halides is 1. The molecule has 12 heteroatoms. The summed E-state index contributed by atoms with van der Waals surface area (Å²) in [7, 11) is 3.04. The van der Waals surface area contributed by atoms with Crippen molar-refractivity contribution in [3.63, 3.8) is 0 Å². The highest BCUT2D eigenvalue weighted by molar-refractivity contribution is 6.20. The maximum Gasteiger partial charge on any atom is 0.259 e. The fourth-order valence-corrected chi connectivity index (χ4v) is 9.63. The minimum atomic E-state index is -1.32. The van der Waals surface area contributed by atoms with Crippen molar-refractivity contribution in [2.75, 3.05) is 58.4 Å². The highest BCUT2D eigenvalue weighted by Crippen LogP contribution is 2.47. The summed E-state index contributed by atoms with van der Waals surface area (Å²) in [4.78, 5) is 50.1. The van der Waals surface area contributed by atoms with Gasteiger partial charge in [0.15, 0.2) is 17.3 Å². The van der Waals surface area contributed by atoms with Crippen molar-refractivity contribution in [2.45, 2.75) is 81.1 Å². The smallest absolute Gasteiger partial charge is 0.259 e. The van der Waals surface area contributed by atoms with Crippen LogP contribution in [0.2, 0.25) is 0 Å². The molecule has 0 spiro atoms. The number of fused-ring (bicyclic) bond motifs is 2. The molecular formula is C39H48FN5O6. The molecule has 51 heavy (non-hydrogen) atoms. The molecule has 2 saturated carbocycles. The highest BCUT2D eigenvalue weighted by Gasteiger charge is 2.60. The van der Waals surface area contributed by atoms with E-state index < -0.39 is 24.2 Å². The van der Waals surface area contributed by atoms with E-state index in [2.05, 4.69) is 32.1 Å². The second-order valence-electron chi connectivity index (χ2n) is 14.8. The minimum absolute atomic E-state index is 0.0445. The van der Waals surface area contributed by atoms with E-state index in [-0.39, 0.29) is 53.8 Å². The van der Waals surface area contributed by atoms with Gasteiger partial charge in [0.05, 0.1) is 55.7 Å². The van der Waals surface area contributed by atoms with Gasteiger partial charge in [-0.3, -0.25) is 19.3 Å². The Hall–Kier alpha value is -4.16. The maximum atomic E-state index is 16.6. The van der Waals surface area contributed by atoms with Gasteiger partial charge in [-0.05, 0) is 49.9 Å². The molecule has 1 N–H and O–H groups in total. The van der Waals surface area contributed by atoms with Gasteiger partial charge in [0.25, 0.3) is 11.8 Å². The molecule has 11 nitrogen and oxygen atoms in total. The third-order valence-corrected chi connectivity index (χ3v) is 12.1. The molecule has 8 rings (SSSR count). The summed E-state index contributed by atoms with van der Waals surface area (Å²) in [5.74, 6) is -0.585. The van der Waals surface area contributed by atoms with Crippen LogP contribution in [0.25, 0.3) is 0 Å². The van der Waals surface area contributed by atoms with Gasteiger partial charge in [0.1, 0.15) is 6.17 Å². The molecule has 3 saturated heterocycles. The first-order valence-electron chi connectivity index (χ1n) is 18.5. The van der Waals surface area contributed by atoms with Crippen molar-refractivity contribution < 1.29 is 33.0 Å². The van der Waals surface area contributed by atoms with Crippen molar-refractivity contribution in [3.05, 3.63) is 65.9 Å². The molecule has 6 aliphatic rings. The largest absolute Gasteiger partial charge is 0.493 e. The normalized spacial score (nSPS) is 32.1. The summed E-state index contributed by atoms with van der Waals surface area (Å²) in [6.45, 7) is 3.49. The Morgan fingerprint density at radius 2 is 1.69 bits per heavy atom. The summed E-state index contributed by atoms with van der Waals surface area (Å²) < 4.78 is 34.4. The summed E-state index contributed by atoms with van der Waals surface area (Å²) in [5.41, 5.74) is 1.69. The third-order valence-electron chi connectivity index (χ3n) is 12.1. The van der Waals surface area contributed by atoms with Gasteiger partial charge in [-0.2, -0.15) is 0 Å². The number of amides is 2. The first-order valence-corrected chi connectivity index (χ1v) is 18.5. The molecule has 2 aromatic carbocycles. The average Bonchev–Trinajstić information content (AvgIpc) is 3.62. The van der Waals surface area contributed by atoms with Crippen LogP contribution >= 0.6 is 0 Å². The number of ether oxygens (including phenoxy) is 3. The molecule has 2 aliphatic carbocycles. The summed E-state index contributed by atoms with van der Waals surface area (Å²) in [6, 6.07) is 14.3. The third kappa shape index (κ3) is 6.13. The number of para-hydroxylation sites is 2. The number of nitrogens with zero attached hydrogens (tertiary/aromatic N) is 4. The Labute approximate surface area is 298 Å². The lowest BCUT2D eigenvalue weighted by Crippen LogP contribution is -2.73. The SMILES string of the molecule is COc1cccc(C(=O)NC2CCN(C3C(F)CC4C(=O)C(C(=O)N5CCN(c6ccccc6)CC5)=CN5C6CCCCC6OC3C45)C2)c1OC. The Kier molecular flexibility index (Phi) is 9.39. The molecule has 2 aromatic rings. The van der Waals surface area contributed by atoms with E-state index >= 15 is 4.39 Å². The first-order chi connectivity index (χ1) is 24.9. The average molecular weight is 702 g/mol. The molecule has 272 valence electrons. The van der Waals surface area contributed by atoms with E-state index in [1.165, 1.54) is 14.2 Å². The fourth-order valence-electron chi connectivity index (χ4n) is 9.63. The van der Waals surface area contributed by atoms with Crippen molar-refractivity contribution >= 4 is 23.3 Å². The molecule has 2 amide bonds. The number of carbonyl (C=O) groups is 3. The molecule has 0 bridgehead atoms. The first kappa shape index (κ1) is 34.0. The number of carbonyl (C=O) groups excluding carboxylic acids is 3. The second kappa shape index (κ2) is 14.1. The molecular weight excluding hydrogens is 653 g/mol. The number of morpholine rings is 1. The van der Waals surface area contributed by atoms with Crippen LogP contribution in [-0.2, 0) is 14.3 Å². The number of halogens is 1. The lowest BCUT2D eigenvalue weighted by Gasteiger charge is -2.60. The van der Waals surface area contributed by atoms with Gasteiger partial charge in [0.2, 0.25) is 0 Å². The molecule has 4 aliphatic heterocycles. The van der Waals surface area contributed by atoms with Crippen LogP contribution < -0.4 is 19.7 Å². The maximum absolute atomic E-state index is 16.6. The number of piperazine rings is 1. The molecule has 0 aromatic heterocycles. The topological polar surface area (TPSA) is 104 Å². The number of rotatable bonds is 7. The van der Waals surface area contributed by atoms with Crippen LogP contribution in [0.3, 0.4) is 0 Å². The zero-order valence-corrected chi connectivity index (χ0v) is 29.4. The second-order valence-corrected chi connectivity index (χ2v) is 14.8. The Morgan fingerprint density at radius 1 is 0.902 bits per heavy atom. The van der Waals surface area contributed by atoms with Gasteiger partial charge < -0.3 is 34.2 Å². The number of hydrogen-bond donors (Lipinski definition) is 1. The molecule has 4 heterocycles. The Bertz CT molecular complexity index is 1670. The van der Waals surface area contributed by atoms with Crippen LogP contribution in [0.1, 0.15) is 48.9 Å². The van der Waals surface area contributed by atoms with Gasteiger partial charge in [-0.1, -0.05) is 37.1 Å². The lowest BCUT2D eigenvalue weighted by atomic mass is 9.69. The number of hydrogen-bond acceptors (Lipinski definition) is 9. The van der Waals surface area contributed by atoms with E-state index in [0.29, 0.717) is 62.8 Å². The quantitative estimate of drug-likeness (QED) is 0.435. The predicted molar refractivity (Wildman–Crippen MR) is 189 cm³/mol. The van der Waals surface area contributed by atoms with Gasteiger partial charge in [-0.15, -0.1) is 0 Å². The minimum Gasteiger partial charge on any atom is -0.493 e. The molecule has 0 radical (unpaired) electrons. The van der Waals surface area contributed by atoms with E-state index in [1.54, 1.807) is 23.1 Å². The zero-order chi connectivity index (χ0) is 35.2. The zero-order valence-electron chi connectivity index (χ0n) is 29.4. The number of likely N-dealkylation sites (tertiary alicyclic amines) is 1. The number of Topliss-reactive ketones (excluding diaryl/α,β-unsaturated/α-hetero) is 1. The van der Waals surface area contributed by atoms with Crippen molar-refractivity contribution in [1.82, 2.24) is 20.0 Å². The van der Waals surface area contributed by atoms with Crippen LogP contribution in [0.4, 0.5) is 10.1 Å². The highest BCUT2D eigenvalue weighted by atomic mass is 19.1. The number of anilines is 1. The predicted octanol–water partition coefficient (Wildman–Crippen LogP) is 3.43. The number of methoxy groups -OCH3 is 2. The van der Waals surface area contributed by atoms with Gasteiger partial charge in [0, 0.05) is 63.1 Å². The fraction of sp³-hybridized carbons (Fsp3) is 0.564. The number of ketones is 1. The van der Waals surface area contributed by atoms with Gasteiger partial charge >= 0.3 is 0 Å². The summed E-state index contributed by atoms with van der Waals surface area (Å²) in [6.07, 6.45) is 4.46. The van der Waals surface area contributed by atoms with Crippen molar-refractivity contribution in [1.29, 1.82) is 0 Å². The monoisotopic (exact) mass is 701 g/mol. The molecule has 8 atom stereocenters. The number of benzene rings is 2. The Morgan fingerprint density at radius 3 is 2.45 bits per heavy atom.